The van der Waals surface area contributed by atoms with Gasteiger partial charge in [0, 0.05) is 11.3 Å². The Morgan fingerprint density at radius 2 is 1.71 bits per heavy atom. The van der Waals surface area contributed by atoms with Crippen molar-refractivity contribution in [2.45, 2.75) is 6.92 Å². The van der Waals surface area contributed by atoms with E-state index >= 15 is 0 Å². The Bertz CT molecular complexity index is 729. The Kier molecular flexibility index (Phi) is 4.07. The summed E-state index contributed by atoms with van der Waals surface area (Å²) in [6.07, 6.45) is 0. The minimum absolute atomic E-state index is 0.204. The third-order valence-corrected chi connectivity index (χ3v) is 2.81. The summed E-state index contributed by atoms with van der Waals surface area (Å²) in [5.74, 6) is -5.78. The number of carbonyl (C=O) groups is 2. The number of hydrogen-bond donors (Lipinski definition) is 1. The van der Waals surface area contributed by atoms with Crippen molar-refractivity contribution in [2.75, 3.05) is 5.32 Å². The molecule has 108 valence electrons. The van der Waals surface area contributed by atoms with Crippen LogP contribution in [0.2, 0.25) is 0 Å². The van der Waals surface area contributed by atoms with Gasteiger partial charge in [-0.2, -0.15) is 0 Å². The highest BCUT2D eigenvalue weighted by molar-refractivity contribution is 6.05. The molecule has 3 nitrogen and oxygen atoms in total. The van der Waals surface area contributed by atoms with Crippen LogP contribution in [0, 0.1) is 17.5 Å². The number of amides is 1. The van der Waals surface area contributed by atoms with Crippen LogP contribution in [0.1, 0.15) is 27.6 Å². The molecule has 0 spiro atoms. The standard InChI is InChI=1S/C15H10F3NO2/c1-8(20)9-3-2-4-10(7-9)19-15(21)11-5-6-12(16)14(18)13(11)17/h2-7H,1H3,(H,19,21). The largest absolute Gasteiger partial charge is 0.322 e. The van der Waals surface area contributed by atoms with E-state index in [1.165, 1.54) is 25.1 Å². The summed E-state index contributed by atoms with van der Waals surface area (Å²) in [7, 11) is 0. The predicted molar refractivity (Wildman–Crippen MR) is 70.7 cm³/mol. The highest BCUT2D eigenvalue weighted by Gasteiger charge is 2.18. The number of anilines is 1. The van der Waals surface area contributed by atoms with Gasteiger partial charge in [0.05, 0.1) is 5.56 Å². The van der Waals surface area contributed by atoms with E-state index < -0.39 is 28.9 Å². The van der Waals surface area contributed by atoms with Gasteiger partial charge in [-0.05, 0) is 31.2 Å². The van der Waals surface area contributed by atoms with Crippen LogP contribution in [0.5, 0.6) is 0 Å². The molecular formula is C15H10F3NO2. The third-order valence-electron chi connectivity index (χ3n) is 2.81. The Balaban J connectivity index is 2.28. The number of Topliss-reactive ketones (excluding diaryl/α,β-unsaturated/α-hetero) is 1. The zero-order valence-corrected chi connectivity index (χ0v) is 10.9. The molecule has 21 heavy (non-hydrogen) atoms. The predicted octanol–water partition coefficient (Wildman–Crippen LogP) is 3.56. The maximum atomic E-state index is 13.5. The Hall–Kier alpha value is -2.63. The van der Waals surface area contributed by atoms with Crippen molar-refractivity contribution in [3.05, 3.63) is 65.0 Å². The van der Waals surface area contributed by atoms with E-state index in [0.29, 0.717) is 11.6 Å². The smallest absolute Gasteiger partial charge is 0.258 e. The van der Waals surface area contributed by atoms with Crippen LogP contribution in [0.3, 0.4) is 0 Å². The first-order valence-corrected chi connectivity index (χ1v) is 5.96. The lowest BCUT2D eigenvalue weighted by Gasteiger charge is -2.08. The highest BCUT2D eigenvalue weighted by atomic mass is 19.2. The van der Waals surface area contributed by atoms with Crippen molar-refractivity contribution < 1.29 is 22.8 Å². The molecule has 6 heteroatoms. The summed E-state index contributed by atoms with van der Waals surface area (Å²) in [6.45, 7) is 1.36. The van der Waals surface area contributed by atoms with Crippen LogP contribution >= 0.6 is 0 Å². The van der Waals surface area contributed by atoms with E-state index in [0.717, 1.165) is 6.07 Å². The lowest BCUT2D eigenvalue weighted by atomic mass is 10.1. The summed E-state index contributed by atoms with van der Waals surface area (Å²) < 4.78 is 39.4. The van der Waals surface area contributed by atoms with Gasteiger partial charge in [0.1, 0.15) is 0 Å². The molecule has 2 rings (SSSR count). The second-order valence-corrected chi connectivity index (χ2v) is 4.31. The van der Waals surface area contributed by atoms with Crippen LogP contribution in [-0.2, 0) is 0 Å². The van der Waals surface area contributed by atoms with Crippen molar-refractivity contribution in [3.63, 3.8) is 0 Å². The summed E-state index contributed by atoms with van der Waals surface area (Å²) in [6, 6.07) is 7.49. The average molecular weight is 293 g/mol. The fourth-order valence-electron chi connectivity index (χ4n) is 1.72. The highest BCUT2D eigenvalue weighted by Crippen LogP contribution is 2.18. The number of carbonyl (C=O) groups excluding carboxylic acids is 2. The molecule has 0 atom stereocenters. The number of hydrogen-bond acceptors (Lipinski definition) is 2. The number of benzene rings is 2. The second-order valence-electron chi connectivity index (χ2n) is 4.31. The molecule has 0 heterocycles. The van der Waals surface area contributed by atoms with Crippen molar-refractivity contribution in [2.24, 2.45) is 0 Å². The first-order valence-electron chi connectivity index (χ1n) is 5.96. The van der Waals surface area contributed by atoms with Crippen LogP contribution in [0.15, 0.2) is 36.4 Å². The molecule has 0 saturated heterocycles. The summed E-state index contributed by atoms with van der Waals surface area (Å²) in [5, 5.41) is 2.32. The zero-order chi connectivity index (χ0) is 15.6. The quantitative estimate of drug-likeness (QED) is 0.694. The van der Waals surface area contributed by atoms with Gasteiger partial charge in [-0.1, -0.05) is 12.1 Å². The normalized spacial score (nSPS) is 10.3. The fourth-order valence-corrected chi connectivity index (χ4v) is 1.72. The van der Waals surface area contributed by atoms with Gasteiger partial charge in [-0.3, -0.25) is 9.59 Å². The van der Waals surface area contributed by atoms with Crippen LogP contribution in [0.25, 0.3) is 0 Å². The van der Waals surface area contributed by atoms with Crippen molar-refractivity contribution in [3.8, 4) is 0 Å². The number of halogens is 3. The van der Waals surface area contributed by atoms with Crippen LogP contribution in [-0.4, -0.2) is 11.7 Å². The minimum Gasteiger partial charge on any atom is -0.322 e. The first-order chi connectivity index (χ1) is 9.90. The van der Waals surface area contributed by atoms with E-state index in [1.807, 2.05) is 0 Å². The molecule has 1 amide bonds. The molecule has 0 unspecified atom stereocenters. The molecule has 0 fully saturated rings. The van der Waals surface area contributed by atoms with Gasteiger partial charge in [0.15, 0.2) is 23.2 Å². The topological polar surface area (TPSA) is 46.2 Å². The lowest BCUT2D eigenvalue weighted by molar-refractivity contribution is 0.100. The SMILES string of the molecule is CC(=O)c1cccc(NC(=O)c2ccc(F)c(F)c2F)c1. The van der Waals surface area contributed by atoms with Gasteiger partial charge in [0.25, 0.3) is 5.91 Å². The zero-order valence-electron chi connectivity index (χ0n) is 10.9. The van der Waals surface area contributed by atoms with E-state index in [-0.39, 0.29) is 11.5 Å². The molecular weight excluding hydrogens is 283 g/mol. The third kappa shape index (κ3) is 3.10. The summed E-state index contributed by atoms with van der Waals surface area (Å²) in [5.41, 5.74) is -0.0162. The molecule has 0 aromatic heterocycles. The van der Waals surface area contributed by atoms with Gasteiger partial charge in [-0.15, -0.1) is 0 Å². The van der Waals surface area contributed by atoms with E-state index in [1.54, 1.807) is 6.07 Å². The van der Waals surface area contributed by atoms with Gasteiger partial charge in [0.2, 0.25) is 0 Å². The first kappa shape index (κ1) is 14.8. The van der Waals surface area contributed by atoms with Crippen molar-refractivity contribution in [1.82, 2.24) is 0 Å². The van der Waals surface area contributed by atoms with Crippen LogP contribution in [0.4, 0.5) is 18.9 Å². The molecule has 2 aromatic rings. The van der Waals surface area contributed by atoms with Crippen LogP contribution < -0.4 is 5.32 Å². The molecule has 0 bridgehead atoms. The molecule has 0 aliphatic rings. The minimum atomic E-state index is -1.71. The number of nitrogens with one attached hydrogen (secondary N) is 1. The van der Waals surface area contributed by atoms with E-state index in [9.17, 15) is 22.8 Å². The molecule has 0 aliphatic carbocycles. The fraction of sp³-hybridized carbons (Fsp3) is 0.0667. The van der Waals surface area contributed by atoms with Gasteiger partial charge >= 0.3 is 0 Å². The summed E-state index contributed by atoms with van der Waals surface area (Å²) in [4.78, 5) is 23.1. The van der Waals surface area contributed by atoms with Gasteiger partial charge in [-0.25, -0.2) is 13.2 Å². The molecule has 2 aromatic carbocycles. The lowest BCUT2D eigenvalue weighted by Crippen LogP contribution is -2.15. The average Bonchev–Trinajstić information content (AvgIpc) is 2.45. The molecule has 0 aliphatic heterocycles. The molecule has 1 N–H and O–H groups in total. The maximum Gasteiger partial charge on any atom is 0.258 e. The van der Waals surface area contributed by atoms with E-state index in [4.69, 9.17) is 0 Å². The van der Waals surface area contributed by atoms with E-state index in [2.05, 4.69) is 5.32 Å². The Morgan fingerprint density at radius 3 is 2.38 bits per heavy atom. The maximum absolute atomic E-state index is 13.5. The van der Waals surface area contributed by atoms with Crippen molar-refractivity contribution in [1.29, 1.82) is 0 Å². The monoisotopic (exact) mass is 293 g/mol. The Morgan fingerprint density at radius 1 is 1.00 bits per heavy atom. The second kappa shape index (κ2) is 5.78. The molecule has 0 saturated carbocycles. The molecule has 0 radical (unpaired) electrons. The summed E-state index contributed by atoms with van der Waals surface area (Å²) >= 11 is 0. The Labute approximate surface area is 118 Å². The number of rotatable bonds is 3. The van der Waals surface area contributed by atoms with Gasteiger partial charge < -0.3 is 5.32 Å². The van der Waals surface area contributed by atoms with Crippen molar-refractivity contribution >= 4 is 17.4 Å². The number of ketones is 1.